The zero-order valence-electron chi connectivity index (χ0n) is 14.5. The van der Waals surface area contributed by atoms with Crippen molar-refractivity contribution < 1.29 is 23.8 Å². The van der Waals surface area contributed by atoms with Crippen LogP contribution in [0.25, 0.3) is 0 Å². The summed E-state index contributed by atoms with van der Waals surface area (Å²) in [5.74, 6) is 0.157. The molecule has 5 nitrogen and oxygen atoms in total. The number of ketones is 1. The van der Waals surface area contributed by atoms with Crippen LogP contribution in [0.3, 0.4) is 0 Å². The molecule has 0 atom stereocenters. The molecule has 5 heteroatoms. The highest BCUT2D eigenvalue weighted by molar-refractivity contribution is 5.96. The second kappa shape index (κ2) is 13.8. The van der Waals surface area contributed by atoms with Crippen molar-refractivity contribution in [3.05, 3.63) is 35.4 Å². The number of carbonyl (C=O) groups excluding carboxylic acids is 2. The summed E-state index contributed by atoms with van der Waals surface area (Å²) in [6.45, 7) is 5.08. The predicted molar refractivity (Wildman–Crippen MR) is 92.5 cm³/mol. The molecule has 0 radical (unpaired) electrons. The van der Waals surface area contributed by atoms with Gasteiger partial charge in [0.1, 0.15) is 6.29 Å². The lowest BCUT2D eigenvalue weighted by Crippen LogP contribution is -2.10. The van der Waals surface area contributed by atoms with E-state index in [2.05, 4.69) is 6.92 Å². The van der Waals surface area contributed by atoms with E-state index in [1.165, 1.54) is 5.56 Å². The lowest BCUT2D eigenvalue weighted by Gasteiger charge is -2.06. The number of carbonyl (C=O) groups is 2. The lowest BCUT2D eigenvalue weighted by molar-refractivity contribution is -0.108. The first-order valence-electron chi connectivity index (χ1n) is 8.57. The molecule has 1 rings (SSSR count). The van der Waals surface area contributed by atoms with Crippen molar-refractivity contribution >= 4 is 12.1 Å². The highest BCUT2D eigenvalue weighted by Crippen LogP contribution is 2.08. The van der Waals surface area contributed by atoms with Gasteiger partial charge in [-0.15, -0.1) is 0 Å². The van der Waals surface area contributed by atoms with Crippen molar-refractivity contribution in [2.45, 2.75) is 32.6 Å². The molecular weight excluding hydrogens is 308 g/mol. The third-order valence-corrected chi connectivity index (χ3v) is 3.50. The molecule has 0 saturated carbocycles. The van der Waals surface area contributed by atoms with Crippen LogP contribution >= 0.6 is 0 Å². The third-order valence-electron chi connectivity index (χ3n) is 3.50. The molecule has 0 heterocycles. The Hall–Kier alpha value is -1.56. The van der Waals surface area contributed by atoms with Crippen LogP contribution in [-0.4, -0.2) is 51.7 Å². The zero-order valence-corrected chi connectivity index (χ0v) is 14.5. The third kappa shape index (κ3) is 9.55. The fourth-order valence-electron chi connectivity index (χ4n) is 2.08. The summed E-state index contributed by atoms with van der Waals surface area (Å²) in [5, 5.41) is 0. The van der Waals surface area contributed by atoms with Crippen LogP contribution in [0.5, 0.6) is 0 Å². The van der Waals surface area contributed by atoms with Gasteiger partial charge < -0.3 is 19.0 Å². The molecule has 0 aliphatic carbocycles. The van der Waals surface area contributed by atoms with Crippen LogP contribution in [0.2, 0.25) is 0 Å². The Labute approximate surface area is 144 Å². The molecule has 0 amide bonds. The van der Waals surface area contributed by atoms with Gasteiger partial charge in [0.05, 0.1) is 33.0 Å². The first-order chi connectivity index (χ1) is 11.8. The number of benzene rings is 1. The molecule has 24 heavy (non-hydrogen) atoms. The van der Waals surface area contributed by atoms with Gasteiger partial charge in [0, 0.05) is 25.0 Å². The van der Waals surface area contributed by atoms with Crippen molar-refractivity contribution in [3.8, 4) is 0 Å². The van der Waals surface area contributed by atoms with Gasteiger partial charge in [-0.2, -0.15) is 0 Å². The van der Waals surface area contributed by atoms with Gasteiger partial charge in [-0.1, -0.05) is 31.2 Å². The molecule has 0 aliphatic rings. The quantitative estimate of drug-likeness (QED) is 0.280. The summed E-state index contributed by atoms with van der Waals surface area (Å²) < 4.78 is 15.9. The van der Waals surface area contributed by atoms with Gasteiger partial charge in [0.15, 0.2) is 5.78 Å². The zero-order chi connectivity index (χ0) is 17.5. The molecule has 0 aliphatic heterocycles. The number of hydrogen-bond donors (Lipinski definition) is 0. The molecule has 0 aromatic heterocycles. The van der Waals surface area contributed by atoms with E-state index >= 15 is 0 Å². The normalized spacial score (nSPS) is 10.7. The minimum Gasteiger partial charge on any atom is -0.379 e. The molecule has 0 unspecified atom stereocenters. The molecule has 1 aromatic carbocycles. The summed E-state index contributed by atoms with van der Waals surface area (Å²) >= 11 is 0. The smallest absolute Gasteiger partial charge is 0.162 e. The Bertz CT molecular complexity index is 455. The van der Waals surface area contributed by atoms with Gasteiger partial charge in [-0.05, 0) is 18.4 Å². The number of Topliss-reactive ketones (excluding diaryl/α,β-unsaturated/α-hetero) is 1. The molecule has 0 saturated heterocycles. The summed E-state index contributed by atoms with van der Waals surface area (Å²) in [6.07, 6.45) is 3.44. The summed E-state index contributed by atoms with van der Waals surface area (Å²) in [4.78, 5) is 22.1. The van der Waals surface area contributed by atoms with Gasteiger partial charge in [-0.3, -0.25) is 4.79 Å². The first-order valence-corrected chi connectivity index (χ1v) is 8.57. The fraction of sp³-hybridized carbons (Fsp3) is 0.579. The average Bonchev–Trinajstić information content (AvgIpc) is 2.62. The van der Waals surface area contributed by atoms with E-state index in [1.807, 2.05) is 24.3 Å². The van der Waals surface area contributed by atoms with Gasteiger partial charge in [-0.25, -0.2) is 0 Å². The van der Waals surface area contributed by atoms with Crippen molar-refractivity contribution in [1.82, 2.24) is 0 Å². The van der Waals surface area contributed by atoms with Crippen LogP contribution in [0, 0.1) is 0 Å². The number of aryl methyl sites for hydroxylation is 1. The predicted octanol–water partition coefficient (Wildman–Crippen LogP) is 2.85. The molecule has 1 aromatic rings. The highest BCUT2D eigenvalue weighted by Gasteiger charge is 2.05. The van der Waals surface area contributed by atoms with Gasteiger partial charge in [0.25, 0.3) is 0 Å². The Morgan fingerprint density at radius 2 is 1.50 bits per heavy atom. The van der Waals surface area contributed by atoms with E-state index in [1.54, 1.807) is 0 Å². The molecule has 0 bridgehead atoms. The van der Waals surface area contributed by atoms with Crippen molar-refractivity contribution in [2.24, 2.45) is 0 Å². The maximum Gasteiger partial charge on any atom is 0.162 e. The standard InChI is InChI=1S/C19H28O5/c1-2-17-6-8-18(9-7-17)19(21)5-3-11-22-13-15-24-16-14-23-12-4-10-20/h6-10H,2-5,11-16H2,1H3. The fourth-order valence-corrected chi connectivity index (χ4v) is 2.08. The summed E-state index contributed by atoms with van der Waals surface area (Å²) in [5.41, 5.74) is 2.01. The van der Waals surface area contributed by atoms with E-state index in [-0.39, 0.29) is 5.78 Å². The van der Waals surface area contributed by atoms with Crippen LogP contribution < -0.4 is 0 Å². The molecule has 0 N–H and O–H groups in total. The Morgan fingerprint density at radius 1 is 0.917 bits per heavy atom. The van der Waals surface area contributed by atoms with E-state index in [4.69, 9.17) is 14.2 Å². The maximum atomic E-state index is 12.0. The number of hydrogen-bond acceptors (Lipinski definition) is 5. The Kier molecular flexibility index (Phi) is 11.8. The molecule has 0 fully saturated rings. The number of ether oxygens (including phenoxy) is 3. The molecule has 134 valence electrons. The van der Waals surface area contributed by atoms with Crippen LogP contribution in [0.15, 0.2) is 24.3 Å². The minimum atomic E-state index is 0.157. The van der Waals surface area contributed by atoms with Crippen LogP contribution in [0.1, 0.15) is 42.1 Å². The number of aldehydes is 1. The topological polar surface area (TPSA) is 61.8 Å². The Balaban J connectivity index is 1.94. The summed E-state index contributed by atoms with van der Waals surface area (Å²) in [6, 6.07) is 7.80. The minimum absolute atomic E-state index is 0.157. The summed E-state index contributed by atoms with van der Waals surface area (Å²) in [7, 11) is 0. The second-order valence-corrected chi connectivity index (χ2v) is 5.37. The first kappa shape index (κ1) is 20.5. The van der Waals surface area contributed by atoms with E-state index < -0.39 is 0 Å². The highest BCUT2D eigenvalue weighted by atomic mass is 16.5. The average molecular weight is 336 g/mol. The second-order valence-electron chi connectivity index (χ2n) is 5.37. The largest absolute Gasteiger partial charge is 0.379 e. The monoisotopic (exact) mass is 336 g/mol. The maximum absolute atomic E-state index is 12.0. The van der Waals surface area contributed by atoms with Gasteiger partial charge >= 0.3 is 0 Å². The van der Waals surface area contributed by atoms with Crippen LogP contribution in [0.4, 0.5) is 0 Å². The molecule has 0 spiro atoms. The van der Waals surface area contributed by atoms with Gasteiger partial charge in [0.2, 0.25) is 0 Å². The van der Waals surface area contributed by atoms with Crippen molar-refractivity contribution in [1.29, 1.82) is 0 Å². The Morgan fingerprint density at radius 3 is 2.08 bits per heavy atom. The van der Waals surface area contributed by atoms with E-state index in [0.29, 0.717) is 58.9 Å². The van der Waals surface area contributed by atoms with Crippen molar-refractivity contribution in [2.75, 3.05) is 39.6 Å². The van der Waals surface area contributed by atoms with E-state index in [0.717, 1.165) is 18.3 Å². The van der Waals surface area contributed by atoms with Crippen LogP contribution in [-0.2, 0) is 25.4 Å². The SMILES string of the molecule is CCc1ccc(C(=O)CCCOCCOCCOCCC=O)cc1. The van der Waals surface area contributed by atoms with E-state index in [9.17, 15) is 9.59 Å². The lowest BCUT2D eigenvalue weighted by atomic mass is 10.0. The molecular formula is C19H28O5. The number of rotatable bonds is 15. The van der Waals surface area contributed by atoms with Crippen molar-refractivity contribution in [3.63, 3.8) is 0 Å².